The van der Waals surface area contributed by atoms with Gasteiger partial charge in [-0.05, 0) is 61.6 Å². The third-order valence-electron chi connectivity index (χ3n) is 5.89. The van der Waals surface area contributed by atoms with Crippen LogP contribution in [0.15, 0.2) is 46.9 Å². The van der Waals surface area contributed by atoms with Gasteiger partial charge >= 0.3 is 0 Å². The number of nitrogens with zero attached hydrogens (tertiary/aromatic N) is 1. The van der Waals surface area contributed by atoms with Gasteiger partial charge in [-0.2, -0.15) is 0 Å². The van der Waals surface area contributed by atoms with E-state index in [4.69, 9.17) is 4.74 Å². The van der Waals surface area contributed by atoms with Gasteiger partial charge in [-0.1, -0.05) is 34.1 Å². The molecule has 0 aliphatic carbocycles. The largest absolute Gasteiger partial charge is 0.381 e. The molecule has 5 heteroatoms. The highest BCUT2D eigenvalue weighted by atomic mass is 79.9. The van der Waals surface area contributed by atoms with Gasteiger partial charge in [0.15, 0.2) is 0 Å². The van der Waals surface area contributed by atoms with Gasteiger partial charge in [-0.15, -0.1) is 0 Å². The molecule has 2 heterocycles. The highest BCUT2D eigenvalue weighted by Crippen LogP contribution is 2.37. The minimum Gasteiger partial charge on any atom is -0.381 e. The average Bonchev–Trinajstić information content (AvgIpc) is 3.11. The van der Waals surface area contributed by atoms with Gasteiger partial charge in [0.25, 0.3) is 0 Å². The smallest absolute Gasteiger partial charge is 0.235 e. The number of ether oxygens (including phenoxy) is 1. The molecule has 1 saturated heterocycles. The monoisotopic (exact) mass is 428 g/mol. The molecule has 1 fully saturated rings. The Balaban J connectivity index is 1.62. The Hall–Kier alpha value is -1.85. The van der Waals surface area contributed by atoms with Crippen LogP contribution in [0.25, 0.3) is 0 Å². The molecule has 2 aliphatic rings. The van der Waals surface area contributed by atoms with Crippen LogP contribution in [0, 0.1) is 0 Å². The summed E-state index contributed by atoms with van der Waals surface area (Å²) in [7, 11) is 0. The molecule has 0 aromatic heterocycles. The van der Waals surface area contributed by atoms with E-state index >= 15 is 0 Å². The summed E-state index contributed by atoms with van der Waals surface area (Å²) >= 11 is 3.49. The molecular formula is C22H25BrN2O2. The van der Waals surface area contributed by atoms with Crippen molar-refractivity contribution in [3.8, 4) is 0 Å². The molecule has 0 bridgehead atoms. The van der Waals surface area contributed by atoms with Gasteiger partial charge < -0.3 is 15.0 Å². The zero-order valence-electron chi connectivity index (χ0n) is 15.6. The van der Waals surface area contributed by atoms with Crippen LogP contribution in [-0.4, -0.2) is 32.2 Å². The molecule has 142 valence electrons. The number of nitrogens with one attached hydrogen (secondary N) is 1. The number of rotatable bonds is 4. The van der Waals surface area contributed by atoms with E-state index in [0.29, 0.717) is 26.1 Å². The SMILES string of the molecule is CCN1CCc2ccc(NC(=O)C3(c4ccc(Br)cc4)CCOCC3)cc21. The number of anilines is 2. The number of fused-ring (bicyclic) bond motifs is 1. The predicted octanol–water partition coefficient (Wildman–Crippen LogP) is 4.52. The standard InChI is InChI=1S/C22H25BrN2O2/c1-2-25-12-9-16-3-8-19(15-20(16)25)24-21(26)22(10-13-27-14-11-22)17-4-6-18(23)7-5-17/h3-8,15H,2,9-14H2,1H3,(H,24,26). The number of likely N-dealkylation sites (N-methyl/N-ethyl adjacent to an activating group) is 1. The van der Waals surface area contributed by atoms with Crippen LogP contribution in [-0.2, 0) is 21.4 Å². The topological polar surface area (TPSA) is 41.6 Å². The molecule has 1 amide bonds. The third-order valence-corrected chi connectivity index (χ3v) is 6.42. The molecule has 4 rings (SSSR count). The first-order valence-corrected chi connectivity index (χ1v) is 10.4. The summed E-state index contributed by atoms with van der Waals surface area (Å²) in [5, 5.41) is 3.21. The van der Waals surface area contributed by atoms with Crippen LogP contribution in [0.1, 0.15) is 30.9 Å². The maximum Gasteiger partial charge on any atom is 0.235 e. The molecule has 0 saturated carbocycles. The summed E-state index contributed by atoms with van der Waals surface area (Å²) in [5.41, 5.74) is 4.01. The molecule has 0 unspecified atom stereocenters. The summed E-state index contributed by atoms with van der Waals surface area (Å²) in [6.45, 7) is 5.44. The summed E-state index contributed by atoms with van der Waals surface area (Å²) in [6.07, 6.45) is 2.48. The molecule has 0 atom stereocenters. The quantitative estimate of drug-likeness (QED) is 0.777. The zero-order chi connectivity index (χ0) is 18.9. The summed E-state index contributed by atoms with van der Waals surface area (Å²) in [6, 6.07) is 14.4. The number of carbonyl (C=O) groups excluding carboxylic acids is 1. The minimum atomic E-state index is -0.539. The van der Waals surface area contributed by atoms with Crippen molar-refractivity contribution in [1.82, 2.24) is 0 Å². The lowest BCUT2D eigenvalue weighted by Gasteiger charge is -2.36. The molecule has 2 aliphatic heterocycles. The second-order valence-corrected chi connectivity index (χ2v) is 8.24. The van der Waals surface area contributed by atoms with E-state index in [9.17, 15) is 4.79 Å². The lowest BCUT2D eigenvalue weighted by Crippen LogP contribution is -2.44. The Kier molecular flexibility index (Phi) is 5.24. The van der Waals surface area contributed by atoms with E-state index in [2.05, 4.69) is 57.3 Å². The molecule has 0 spiro atoms. The minimum absolute atomic E-state index is 0.0640. The van der Waals surface area contributed by atoms with Gasteiger partial charge in [0, 0.05) is 42.2 Å². The van der Waals surface area contributed by atoms with E-state index in [1.54, 1.807) is 0 Å². The lowest BCUT2D eigenvalue weighted by molar-refractivity contribution is -0.125. The number of carbonyl (C=O) groups is 1. The second kappa shape index (κ2) is 7.64. The Bertz CT molecular complexity index is 829. The van der Waals surface area contributed by atoms with Crippen molar-refractivity contribution >= 4 is 33.2 Å². The number of amides is 1. The Labute approximate surface area is 169 Å². The van der Waals surface area contributed by atoms with Gasteiger partial charge in [0.05, 0.1) is 5.41 Å². The van der Waals surface area contributed by atoms with Gasteiger partial charge in [0.1, 0.15) is 0 Å². The maximum absolute atomic E-state index is 13.4. The highest BCUT2D eigenvalue weighted by Gasteiger charge is 2.41. The third kappa shape index (κ3) is 3.50. The van der Waals surface area contributed by atoms with Crippen LogP contribution in [0.5, 0.6) is 0 Å². The van der Waals surface area contributed by atoms with Crippen molar-refractivity contribution in [1.29, 1.82) is 0 Å². The van der Waals surface area contributed by atoms with Crippen molar-refractivity contribution in [2.45, 2.75) is 31.6 Å². The van der Waals surface area contributed by atoms with E-state index in [1.807, 2.05) is 18.2 Å². The molecule has 27 heavy (non-hydrogen) atoms. The number of hydrogen-bond acceptors (Lipinski definition) is 3. The Morgan fingerprint density at radius 1 is 1.19 bits per heavy atom. The average molecular weight is 429 g/mol. The van der Waals surface area contributed by atoms with Crippen molar-refractivity contribution in [3.63, 3.8) is 0 Å². The van der Waals surface area contributed by atoms with Crippen LogP contribution < -0.4 is 10.2 Å². The van der Waals surface area contributed by atoms with Crippen LogP contribution in [0.3, 0.4) is 0 Å². The van der Waals surface area contributed by atoms with Crippen molar-refractivity contribution in [2.75, 3.05) is 36.5 Å². The Morgan fingerprint density at radius 3 is 2.63 bits per heavy atom. The van der Waals surface area contributed by atoms with Crippen LogP contribution >= 0.6 is 15.9 Å². The summed E-state index contributed by atoms with van der Waals surface area (Å²) in [4.78, 5) is 15.8. The van der Waals surface area contributed by atoms with Gasteiger partial charge in [-0.25, -0.2) is 0 Å². The molecule has 0 radical (unpaired) electrons. The second-order valence-electron chi connectivity index (χ2n) is 7.33. The fourth-order valence-corrected chi connectivity index (χ4v) is 4.50. The van der Waals surface area contributed by atoms with Gasteiger partial charge in [-0.3, -0.25) is 4.79 Å². The van der Waals surface area contributed by atoms with Crippen molar-refractivity contribution < 1.29 is 9.53 Å². The molecule has 2 aromatic rings. The van der Waals surface area contributed by atoms with E-state index < -0.39 is 5.41 Å². The Morgan fingerprint density at radius 2 is 1.93 bits per heavy atom. The van der Waals surface area contributed by atoms with E-state index in [1.165, 1.54) is 11.3 Å². The normalized spacial score (nSPS) is 18.2. The number of benzene rings is 2. The van der Waals surface area contributed by atoms with E-state index in [-0.39, 0.29) is 5.91 Å². The summed E-state index contributed by atoms with van der Waals surface area (Å²) in [5.74, 6) is 0.0640. The van der Waals surface area contributed by atoms with E-state index in [0.717, 1.165) is 35.2 Å². The maximum atomic E-state index is 13.4. The van der Waals surface area contributed by atoms with Crippen molar-refractivity contribution in [2.24, 2.45) is 0 Å². The molecule has 2 aromatic carbocycles. The first-order chi connectivity index (χ1) is 13.1. The van der Waals surface area contributed by atoms with Crippen LogP contribution in [0.2, 0.25) is 0 Å². The first kappa shape index (κ1) is 18.5. The van der Waals surface area contributed by atoms with Gasteiger partial charge in [0.2, 0.25) is 5.91 Å². The molecule has 4 nitrogen and oxygen atoms in total. The fourth-order valence-electron chi connectivity index (χ4n) is 4.24. The molecular weight excluding hydrogens is 404 g/mol. The summed E-state index contributed by atoms with van der Waals surface area (Å²) < 4.78 is 6.58. The van der Waals surface area contributed by atoms with Crippen molar-refractivity contribution in [3.05, 3.63) is 58.1 Å². The fraction of sp³-hybridized carbons (Fsp3) is 0.409. The van der Waals surface area contributed by atoms with Crippen LogP contribution in [0.4, 0.5) is 11.4 Å². The lowest BCUT2D eigenvalue weighted by atomic mass is 9.73. The first-order valence-electron chi connectivity index (χ1n) is 9.65. The number of halogens is 1. The zero-order valence-corrected chi connectivity index (χ0v) is 17.2. The highest BCUT2D eigenvalue weighted by molar-refractivity contribution is 9.10. The predicted molar refractivity (Wildman–Crippen MR) is 113 cm³/mol. The molecule has 1 N–H and O–H groups in total. The number of hydrogen-bond donors (Lipinski definition) is 1.